The van der Waals surface area contributed by atoms with Crippen molar-refractivity contribution in [3.05, 3.63) is 35.5 Å². The summed E-state index contributed by atoms with van der Waals surface area (Å²) in [7, 11) is 0. The molecule has 1 heterocycles. The van der Waals surface area contributed by atoms with Gasteiger partial charge in [0.2, 0.25) is 5.96 Å². The molecule has 0 unspecified atom stereocenters. The van der Waals surface area contributed by atoms with Crippen molar-refractivity contribution in [3.63, 3.8) is 0 Å². The van der Waals surface area contributed by atoms with Crippen molar-refractivity contribution in [1.82, 2.24) is 10.4 Å². The average molecular weight is 304 g/mol. The molecule has 2 aromatic rings. The zero-order chi connectivity index (χ0) is 14.7. The van der Waals surface area contributed by atoms with Crippen LogP contribution in [0.25, 0.3) is 10.9 Å². The van der Waals surface area contributed by atoms with E-state index >= 15 is 0 Å². The molecule has 1 aromatic carbocycles. The van der Waals surface area contributed by atoms with E-state index in [4.69, 9.17) is 17.4 Å². The van der Waals surface area contributed by atoms with E-state index in [-0.39, 0.29) is 0 Å². The highest BCUT2D eigenvalue weighted by Crippen LogP contribution is 2.28. The van der Waals surface area contributed by atoms with Gasteiger partial charge in [-0.1, -0.05) is 24.4 Å². The molecule has 1 saturated carbocycles. The molecule has 0 saturated heterocycles. The summed E-state index contributed by atoms with van der Waals surface area (Å²) >= 11 is 6.20. The van der Waals surface area contributed by atoms with Crippen molar-refractivity contribution in [2.24, 2.45) is 10.8 Å². The number of nitrogens with two attached hydrogens (primary N) is 1. The quantitative estimate of drug-likeness (QED) is 0.345. The van der Waals surface area contributed by atoms with Crippen molar-refractivity contribution in [3.8, 4) is 0 Å². The number of aromatic nitrogens is 1. The number of halogens is 1. The number of hydrazine groups is 1. The van der Waals surface area contributed by atoms with E-state index in [1.807, 2.05) is 24.3 Å². The number of nitrogens with one attached hydrogen (secondary N) is 2. The van der Waals surface area contributed by atoms with E-state index in [2.05, 4.69) is 20.7 Å². The highest BCUT2D eigenvalue weighted by Gasteiger charge is 2.15. The normalized spacial score (nSPS) is 16.4. The largest absolute Gasteiger partial charge is 0.323 e. The van der Waals surface area contributed by atoms with Gasteiger partial charge in [0.1, 0.15) is 0 Å². The van der Waals surface area contributed by atoms with E-state index in [0.29, 0.717) is 17.0 Å². The fraction of sp³-hybridized carbons (Fsp3) is 0.333. The highest BCUT2D eigenvalue weighted by atomic mass is 35.5. The van der Waals surface area contributed by atoms with Crippen LogP contribution in [0.1, 0.15) is 25.7 Å². The lowest BCUT2D eigenvalue weighted by Crippen LogP contribution is -2.37. The highest BCUT2D eigenvalue weighted by molar-refractivity contribution is 6.35. The molecule has 1 aliphatic carbocycles. The number of benzene rings is 1. The summed E-state index contributed by atoms with van der Waals surface area (Å²) in [6.45, 7) is 0. The summed E-state index contributed by atoms with van der Waals surface area (Å²) in [5, 5.41) is 4.80. The summed E-state index contributed by atoms with van der Waals surface area (Å²) < 4.78 is 0. The third-order valence-electron chi connectivity index (χ3n) is 3.74. The number of pyridine rings is 1. The van der Waals surface area contributed by atoms with Crippen LogP contribution >= 0.6 is 11.6 Å². The summed E-state index contributed by atoms with van der Waals surface area (Å²) in [4.78, 5) is 9.02. The number of nitrogens with zero attached hydrogens (tertiary/aromatic N) is 2. The molecule has 21 heavy (non-hydrogen) atoms. The number of hydrogen-bond donors (Lipinski definition) is 3. The van der Waals surface area contributed by atoms with Crippen molar-refractivity contribution < 1.29 is 0 Å². The van der Waals surface area contributed by atoms with E-state index in [1.165, 1.54) is 12.8 Å². The number of fused-ring (bicyclic) bond motifs is 1. The number of hydrogen-bond acceptors (Lipinski definition) is 3. The van der Waals surface area contributed by atoms with Crippen LogP contribution in [0.2, 0.25) is 5.02 Å². The summed E-state index contributed by atoms with van der Waals surface area (Å²) in [5.74, 6) is 6.15. The Bertz CT molecular complexity index is 664. The zero-order valence-electron chi connectivity index (χ0n) is 11.6. The summed E-state index contributed by atoms with van der Waals surface area (Å²) in [6, 6.07) is 7.89. The Morgan fingerprint density at radius 3 is 2.86 bits per heavy atom. The van der Waals surface area contributed by atoms with Gasteiger partial charge in [0.05, 0.1) is 22.3 Å². The Balaban J connectivity index is 1.91. The Morgan fingerprint density at radius 1 is 1.29 bits per heavy atom. The lowest BCUT2D eigenvalue weighted by atomic mass is 10.2. The summed E-state index contributed by atoms with van der Waals surface area (Å²) in [6.07, 6.45) is 6.45. The van der Waals surface area contributed by atoms with Crippen LogP contribution in [0.5, 0.6) is 0 Å². The molecule has 0 atom stereocenters. The van der Waals surface area contributed by atoms with Gasteiger partial charge in [-0.15, -0.1) is 0 Å². The second-order valence-corrected chi connectivity index (χ2v) is 5.59. The lowest BCUT2D eigenvalue weighted by molar-refractivity contribution is 0.700. The van der Waals surface area contributed by atoms with Crippen molar-refractivity contribution in [2.75, 3.05) is 5.32 Å². The van der Waals surface area contributed by atoms with Crippen LogP contribution in [0, 0.1) is 0 Å². The average Bonchev–Trinajstić information content (AvgIpc) is 3.02. The number of rotatable bonds is 2. The molecule has 1 aromatic heterocycles. The molecule has 0 spiro atoms. The molecule has 0 radical (unpaired) electrons. The minimum absolute atomic E-state index is 0.343. The topological polar surface area (TPSA) is 75.3 Å². The first-order chi connectivity index (χ1) is 10.3. The number of guanidine groups is 1. The molecule has 110 valence electrons. The van der Waals surface area contributed by atoms with E-state index in [9.17, 15) is 0 Å². The maximum Gasteiger partial charge on any atom is 0.210 e. The zero-order valence-corrected chi connectivity index (χ0v) is 12.4. The van der Waals surface area contributed by atoms with E-state index < -0.39 is 0 Å². The third kappa shape index (κ3) is 3.09. The van der Waals surface area contributed by atoms with Gasteiger partial charge in [0.15, 0.2) is 0 Å². The molecule has 1 aliphatic rings. The Kier molecular flexibility index (Phi) is 4.22. The number of aliphatic imine (C=N–C) groups is 1. The van der Waals surface area contributed by atoms with Crippen LogP contribution < -0.4 is 16.6 Å². The first-order valence-electron chi connectivity index (χ1n) is 7.12. The predicted octanol–water partition coefficient (Wildman–Crippen LogP) is 3.06. The Labute approximate surface area is 128 Å². The molecule has 0 amide bonds. The molecule has 3 rings (SSSR count). The van der Waals surface area contributed by atoms with Crippen molar-refractivity contribution in [2.45, 2.75) is 31.7 Å². The minimum atomic E-state index is 0.343. The maximum atomic E-state index is 6.20. The van der Waals surface area contributed by atoms with Crippen LogP contribution in [0.3, 0.4) is 0 Å². The third-order valence-corrected chi connectivity index (χ3v) is 4.07. The molecule has 4 N–H and O–H groups in total. The molecular weight excluding hydrogens is 286 g/mol. The van der Waals surface area contributed by atoms with Crippen LogP contribution in [-0.2, 0) is 0 Å². The molecule has 1 fully saturated rings. The molecule has 0 bridgehead atoms. The first-order valence-corrected chi connectivity index (χ1v) is 7.50. The van der Waals surface area contributed by atoms with Gasteiger partial charge in [0, 0.05) is 11.6 Å². The number of anilines is 1. The molecule has 6 heteroatoms. The molecule has 5 nitrogen and oxygen atoms in total. The lowest BCUT2D eigenvalue weighted by Gasteiger charge is -2.13. The monoisotopic (exact) mass is 303 g/mol. The van der Waals surface area contributed by atoms with Crippen molar-refractivity contribution in [1.29, 1.82) is 0 Å². The van der Waals surface area contributed by atoms with Gasteiger partial charge in [0.25, 0.3) is 0 Å². The van der Waals surface area contributed by atoms with Crippen LogP contribution in [0.4, 0.5) is 5.69 Å². The van der Waals surface area contributed by atoms with Gasteiger partial charge in [-0.3, -0.25) is 10.4 Å². The van der Waals surface area contributed by atoms with Crippen LogP contribution in [0.15, 0.2) is 35.5 Å². The molecule has 0 aliphatic heterocycles. The Morgan fingerprint density at radius 2 is 2.10 bits per heavy atom. The first kappa shape index (κ1) is 14.1. The van der Waals surface area contributed by atoms with Crippen molar-refractivity contribution >= 4 is 34.2 Å². The second kappa shape index (κ2) is 6.28. The predicted molar refractivity (Wildman–Crippen MR) is 87.4 cm³/mol. The fourth-order valence-electron chi connectivity index (χ4n) is 2.69. The van der Waals surface area contributed by atoms with Gasteiger partial charge < -0.3 is 5.32 Å². The fourth-order valence-corrected chi connectivity index (χ4v) is 2.90. The SMILES string of the molecule is NNC(=NC1CCCC1)Nc1ccc(Cl)c2cccnc12. The second-order valence-electron chi connectivity index (χ2n) is 5.18. The minimum Gasteiger partial charge on any atom is -0.323 e. The summed E-state index contributed by atoms with van der Waals surface area (Å²) in [5.41, 5.74) is 4.28. The maximum absolute atomic E-state index is 6.20. The molecular formula is C15H18ClN5. The standard InChI is InChI=1S/C15H18ClN5/c16-12-7-8-13(14-11(12)6-3-9-18-14)20-15(21-17)19-10-4-1-2-5-10/h3,6-10H,1-2,4-5,17H2,(H2,19,20,21). The smallest absolute Gasteiger partial charge is 0.210 e. The van der Waals surface area contributed by atoms with Gasteiger partial charge in [-0.2, -0.15) is 0 Å². The van der Waals surface area contributed by atoms with E-state index in [1.54, 1.807) is 6.20 Å². The van der Waals surface area contributed by atoms with Crippen LogP contribution in [-0.4, -0.2) is 17.0 Å². The Hall–Kier alpha value is -1.85. The van der Waals surface area contributed by atoms with Gasteiger partial charge in [-0.25, -0.2) is 10.8 Å². The van der Waals surface area contributed by atoms with Gasteiger partial charge in [-0.05, 0) is 37.1 Å². The van der Waals surface area contributed by atoms with Gasteiger partial charge >= 0.3 is 0 Å². The van der Waals surface area contributed by atoms with E-state index in [0.717, 1.165) is 29.4 Å².